The summed E-state index contributed by atoms with van der Waals surface area (Å²) in [6.45, 7) is 4.21. The molecular formula is C21H25N3O2S2. The molecule has 2 aromatic rings. The minimum Gasteiger partial charge on any atom is -0.365 e. The summed E-state index contributed by atoms with van der Waals surface area (Å²) in [6, 6.07) is 7.46. The molecule has 1 aliphatic carbocycles. The lowest BCUT2D eigenvalue weighted by atomic mass is 10.0. The summed E-state index contributed by atoms with van der Waals surface area (Å²) < 4.78 is 0. The number of anilines is 1. The van der Waals surface area contributed by atoms with Crippen molar-refractivity contribution in [3.8, 4) is 0 Å². The zero-order valence-electron chi connectivity index (χ0n) is 16.1. The first-order valence-electron chi connectivity index (χ1n) is 9.53. The average Bonchev–Trinajstić information content (AvgIpc) is 2.82. The van der Waals surface area contributed by atoms with Gasteiger partial charge in [-0.15, -0.1) is 11.3 Å². The normalized spacial score (nSPS) is 13.5. The molecule has 1 aliphatic rings. The molecular weight excluding hydrogens is 390 g/mol. The van der Waals surface area contributed by atoms with Crippen molar-refractivity contribution < 1.29 is 9.59 Å². The zero-order chi connectivity index (χ0) is 20.3. The molecule has 0 atom stereocenters. The topological polar surface area (TPSA) is 84.2 Å². The van der Waals surface area contributed by atoms with E-state index in [4.69, 9.17) is 18.0 Å². The van der Waals surface area contributed by atoms with Crippen LogP contribution >= 0.6 is 23.6 Å². The monoisotopic (exact) mass is 415 g/mol. The fourth-order valence-electron chi connectivity index (χ4n) is 3.42. The van der Waals surface area contributed by atoms with Gasteiger partial charge in [-0.1, -0.05) is 32.4 Å². The highest BCUT2D eigenvalue weighted by molar-refractivity contribution is 7.80. The number of thiophene rings is 1. The third-order valence-corrected chi connectivity index (χ3v) is 6.37. The van der Waals surface area contributed by atoms with Crippen LogP contribution in [0, 0.1) is 0 Å². The lowest BCUT2D eigenvalue weighted by molar-refractivity contribution is 0.0975. The van der Waals surface area contributed by atoms with Crippen LogP contribution in [0.25, 0.3) is 0 Å². The number of hydrogen-bond donors (Lipinski definition) is 3. The van der Waals surface area contributed by atoms with Gasteiger partial charge in [-0.25, -0.2) is 0 Å². The van der Waals surface area contributed by atoms with Crippen molar-refractivity contribution in [1.29, 1.82) is 0 Å². The lowest BCUT2D eigenvalue weighted by Crippen LogP contribution is -2.34. The number of thiocarbonyl (C=S) groups is 1. The maximum absolute atomic E-state index is 12.5. The van der Waals surface area contributed by atoms with Crippen LogP contribution in [-0.2, 0) is 12.8 Å². The maximum Gasteiger partial charge on any atom is 0.257 e. The minimum atomic E-state index is -0.458. The van der Waals surface area contributed by atoms with Gasteiger partial charge >= 0.3 is 0 Å². The Bertz CT molecular complexity index is 901. The molecule has 0 saturated carbocycles. The summed E-state index contributed by atoms with van der Waals surface area (Å²) in [5.41, 5.74) is 8.89. The second-order valence-corrected chi connectivity index (χ2v) is 8.83. The van der Waals surface area contributed by atoms with E-state index in [1.165, 1.54) is 21.8 Å². The van der Waals surface area contributed by atoms with Crippen molar-refractivity contribution in [2.75, 3.05) is 5.32 Å². The zero-order valence-corrected chi connectivity index (χ0v) is 17.8. The largest absolute Gasteiger partial charge is 0.365 e. The van der Waals surface area contributed by atoms with Crippen LogP contribution in [0.1, 0.15) is 75.7 Å². The Morgan fingerprint density at radius 3 is 2.43 bits per heavy atom. The standard InChI is InChI=1S/C21H25N3O2S2/c1-12(2)13-8-10-14(11-9-13)19(26)23-21(27)24-20-17(18(22)25)15-6-4-3-5-7-16(15)28-20/h8-12H,3-7H2,1-2H3,(H2,22,25)(H2,23,24,26,27). The van der Waals surface area contributed by atoms with Crippen LogP contribution in [0.4, 0.5) is 5.00 Å². The molecule has 0 unspecified atom stereocenters. The number of amides is 2. The number of hydrogen-bond acceptors (Lipinski definition) is 4. The molecule has 1 aromatic carbocycles. The van der Waals surface area contributed by atoms with E-state index in [0.717, 1.165) is 37.7 Å². The Morgan fingerprint density at radius 1 is 1.11 bits per heavy atom. The molecule has 4 N–H and O–H groups in total. The van der Waals surface area contributed by atoms with Gasteiger partial charge in [0.15, 0.2) is 5.11 Å². The van der Waals surface area contributed by atoms with E-state index in [1.807, 2.05) is 12.1 Å². The Balaban J connectivity index is 1.72. The molecule has 28 heavy (non-hydrogen) atoms. The number of carbonyl (C=O) groups is 2. The van der Waals surface area contributed by atoms with Crippen LogP contribution in [0.5, 0.6) is 0 Å². The van der Waals surface area contributed by atoms with Crippen LogP contribution in [0.3, 0.4) is 0 Å². The highest BCUT2D eigenvalue weighted by atomic mass is 32.1. The average molecular weight is 416 g/mol. The molecule has 0 saturated heterocycles. The van der Waals surface area contributed by atoms with Crippen LogP contribution < -0.4 is 16.4 Å². The van der Waals surface area contributed by atoms with Crippen LogP contribution in [-0.4, -0.2) is 16.9 Å². The van der Waals surface area contributed by atoms with Crippen LogP contribution in [0.2, 0.25) is 0 Å². The number of fused-ring (bicyclic) bond motifs is 1. The molecule has 0 bridgehead atoms. The Hall–Kier alpha value is -2.25. The SMILES string of the molecule is CC(C)c1ccc(C(=O)NC(=S)Nc2sc3c(c2C(N)=O)CCCCC3)cc1. The van der Waals surface area contributed by atoms with Gasteiger partial charge in [0.25, 0.3) is 11.8 Å². The van der Waals surface area contributed by atoms with Crippen LogP contribution in [0.15, 0.2) is 24.3 Å². The maximum atomic E-state index is 12.5. The Morgan fingerprint density at radius 2 is 1.79 bits per heavy atom. The second kappa shape index (κ2) is 8.84. The number of aryl methyl sites for hydroxylation is 1. The summed E-state index contributed by atoms with van der Waals surface area (Å²) in [7, 11) is 0. The number of nitrogens with one attached hydrogen (secondary N) is 2. The van der Waals surface area contributed by atoms with Crippen molar-refractivity contribution in [3.05, 3.63) is 51.4 Å². The molecule has 0 aliphatic heterocycles. The molecule has 0 radical (unpaired) electrons. The molecule has 1 heterocycles. The third-order valence-electron chi connectivity index (χ3n) is 4.96. The predicted molar refractivity (Wildman–Crippen MR) is 118 cm³/mol. The number of rotatable bonds is 4. The van der Waals surface area contributed by atoms with Gasteiger partial charge in [0.1, 0.15) is 5.00 Å². The Labute approximate surface area is 174 Å². The van der Waals surface area contributed by atoms with Crippen molar-refractivity contribution in [2.45, 2.75) is 51.9 Å². The van der Waals surface area contributed by atoms with E-state index in [-0.39, 0.29) is 11.0 Å². The first-order valence-corrected chi connectivity index (χ1v) is 10.8. The molecule has 3 rings (SSSR count). The fourth-order valence-corrected chi connectivity index (χ4v) is 4.98. The van der Waals surface area contributed by atoms with Gasteiger partial charge in [0, 0.05) is 10.4 Å². The molecule has 7 heteroatoms. The Kier molecular flexibility index (Phi) is 6.46. The summed E-state index contributed by atoms with van der Waals surface area (Å²) >= 11 is 6.81. The predicted octanol–water partition coefficient (Wildman–Crippen LogP) is 4.37. The second-order valence-electron chi connectivity index (χ2n) is 7.32. The van der Waals surface area contributed by atoms with Crippen molar-refractivity contribution in [1.82, 2.24) is 5.32 Å². The first-order chi connectivity index (χ1) is 13.4. The highest BCUT2D eigenvalue weighted by Gasteiger charge is 2.24. The molecule has 2 amide bonds. The highest BCUT2D eigenvalue weighted by Crippen LogP contribution is 2.37. The first kappa shape index (κ1) is 20.5. The van der Waals surface area contributed by atoms with Gasteiger partial charge in [0.05, 0.1) is 5.56 Å². The van der Waals surface area contributed by atoms with E-state index in [9.17, 15) is 9.59 Å². The van der Waals surface area contributed by atoms with E-state index in [0.29, 0.717) is 22.0 Å². The molecule has 1 aromatic heterocycles. The van der Waals surface area contributed by atoms with Gasteiger partial charge in [-0.3, -0.25) is 14.9 Å². The number of benzene rings is 1. The number of nitrogens with two attached hydrogens (primary N) is 1. The smallest absolute Gasteiger partial charge is 0.257 e. The van der Waals surface area contributed by atoms with E-state index in [1.54, 1.807) is 12.1 Å². The van der Waals surface area contributed by atoms with E-state index >= 15 is 0 Å². The summed E-state index contributed by atoms with van der Waals surface area (Å²) in [5.74, 6) is -0.340. The van der Waals surface area contributed by atoms with Crippen molar-refractivity contribution in [3.63, 3.8) is 0 Å². The van der Waals surface area contributed by atoms with Crippen molar-refractivity contribution in [2.24, 2.45) is 5.73 Å². The van der Waals surface area contributed by atoms with Crippen molar-refractivity contribution >= 4 is 45.5 Å². The fraction of sp³-hybridized carbons (Fsp3) is 0.381. The van der Waals surface area contributed by atoms with E-state index < -0.39 is 5.91 Å². The summed E-state index contributed by atoms with van der Waals surface area (Å²) in [5, 5.41) is 6.49. The quantitative estimate of drug-likeness (QED) is 0.511. The number of primary amides is 1. The summed E-state index contributed by atoms with van der Waals surface area (Å²) in [4.78, 5) is 25.7. The molecule has 0 fully saturated rings. The molecule has 148 valence electrons. The van der Waals surface area contributed by atoms with Gasteiger partial charge in [-0.2, -0.15) is 0 Å². The van der Waals surface area contributed by atoms with E-state index in [2.05, 4.69) is 24.5 Å². The van der Waals surface area contributed by atoms with Gasteiger partial charge in [-0.05, 0) is 67.1 Å². The minimum absolute atomic E-state index is 0.164. The lowest BCUT2D eigenvalue weighted by Gasteiger charge is -2.11. The summed E-state index contributed by atoms with van der Waals surface area (Å²) in [6.07, 6.45) is 5.12. The van der Waals surface area contributed by atoms with Gasteiger partial charge in [0.2, 0.25) is 0 Å². The third kappa shape index (κ3) is 4.59. The number of carbonyl (C=O) groups excluding carboxylic acids is 2. The molecule has 0 spiro atoms. The molecule has 5 nitrogen and oxygen atoms in total. The van der Waals surface area contributed by atoms with Gasteiger partial charge < -0.3 is 11.1 Å².